The zero-order valence-electron chi connectivity index (χ0n) is 15.2. The zero-order chi connectivity index (χ0) is 19.3. The van der Waals surface area contributed by atoms with Crippen LogP contribution in [0.1, 0.15) is 36.7 Å². The van der Waals surface area contributed by atoms with Gasteiger partial charge < -0.3 is 9.52 Å². The van der Waals surface area contributed by atoms with Crippen LogP contribution in [0.3, 0.4) is 0 Å². The standard InChI is InChI=1S/C22H18ClNO3/c1-22(2,3)14-8-13-10-18(27-20(13)16(23)11-14)19-15(21(25)26)9-12-6-4-5-7-17(12)24-19/h4-11H,1-3H3,(H,25,26). The van der Waals surface area contributed by atoms with E-state index in [0.29, 0.717) is 27.6 Å². The summed E-state index contributed by atoms with van der Waals surface area (Å²) in [7, 11) is 0. The van der Waals surface area contributed by atoms with Crippen LogP contribution >= 0.6 is 11.6 Å². The van der Waals surface area contributed by atoms with E-state index in [1.807, 2.05) is 36.4 Å². The van der Waals surface area contributed by atoms with E-state index in [1.165, 1.54) is 0 Å². The topological polar surface area (TPSA) is 63.3 Å². The van der Waals surface area contributed by atoms with Crippen LogP contribution in [0.5, 0.6) is 0 Å². The summed E-state index contributed by atoms with van der Waals surface area (Å²) < 4.78 is 5.93. The highest BCUT2D eigenvalue weighted by Crippen LogP contribution is 2.37. The number of fused-ring (bicyclic) bond motifs is 2. The molecular formula is C22H18ClNO3. The second kappa shape index (κ2) is 6.10. The summed E-state index contributed by atoms with van der Waals surface area (Å²) in [6, 6.07) is 14.7. The fourth-order valence-electron chi connectivity index (χ4n) is 3.13. The summed E-state index contributed by atoms with van der Waals surface area (Å²) in [6.45, 7) is 6.33. The number of carboxylic acids is 1. The van der Waals surface area contributed by atoms with E-state index < -0.39 is 5.97 Å². The van der Waals surface area contributed by atoms with Crippen LogP contribution in [-0.4, -0.2) is 16.1 Å². The number of furan rings is 1. The molecule has 0 unspecified atom stereocenters. The van der Waals surface area contributed by atoms with Crippen molar-refractivity contribution in [3.05, 3.63) is 64.7 Å². The minimum absolute atomic E-state index is 0.0668. The molecule has 5 heteroatoms. The molecule has 0 atom stereocenters. The Labute approximate surface area is 161 Å². The van der Waals surface area contributed by atoms with Crippen LogP contribution < -0.4 is 0 Å². The number of rotatable bonds is 2. The monoisotopic (exact) mass is 379 g/mol. The van der Waals surface area contributed by atoms with Crippen LogP contribution in [0, 0.1) is 0 Å². The van der Waals surface area contributed by atoms with Gasteiger partial charge in [-0.3, -0.25) is 0 Å². The molecule has 0 saturated carbocycles. The van der Waals surface area contributed by atoms with Gasteiger partial charge in [0.15, 0.2) is 11.3 Å². The molecule has 0 aliphatic heterocycles. The third-order valence-electron chi connectivity index (χ3n) is 4.62. The number of benzene rings is 2. The lowest BCUT2D eigenvalue weighted by atomic mass is 9.86. The van der Waals surface area contributed by atoms with Crippen LogP contribution in [0.25, 0.3) is 33.3 Å². The lowest BCUT2D eigenvalue weighted by Crippen LogP contribution is -2.10. The normalized spacial score (nSPS) is 12.0. The predicted octanol–water partition coefficient (Wildman–Crippen LogP) is 6.30. The summed E-state index contributed by atoms with van der Waals surface area (Å²) >= 11 is 6.44. The van der Waals surface area contributed by atoms with Crippen molar-refractivity contribution in [1.82, 2.24) is 4.98 Å². The molecule has 0 amide bonds. The minimum Gasteiger partial charge on any atom is -0.478 e. The Balaban J connectivity index is 1.98. The maximum Gasteiger partial charge on any atom is 0.338 e. The van der Waals surface area contributed by atoms with Crippen molar-refractivity contribution >= 4 is 39.4 Å². The van der Waals surface area contributed by atoms with Gasteiger partial charge in [-0.1, -0.05) is 50.6 Å². The first kappa shape index (κ1) is 17.6. The van der Waals surface area contributed by atoms with Gasteiger partial charge in [0.25, 0.3) is 0 Å². The van der Waals surface area contributed by atoms with E-state index in [2.05, 4.69) is 25.8 Å². The third-order valence-corrected chi connectivity index (χ3v) is 4.91. The molecule has 2 heterocycles. The van der Waals surface area contributed by atoms with Gasteiger partial charge in [-0.2, -0.15) is 0 Å². The third kappa shape index (κ3) is 3.06. The van der Waals surface area contributed by atoms with E-state index in [0.717, 1.165) is 16.3 Å². The fraction of sp³-hybridized carbons (Fsp3) is 0.182. The average molecular weight is 380 g/mol. The highest BCUT2D eigenvalue weighted by atomic mass is 35.5. The van der Waals surface area contributed by atoms with Gasteiger partial charge in [0.05, 0.1) is 16.1 Å². The van der Waals surface area contributed by atoms with E-state index in [9.17, 15) is 9.90 Å². The highest BCUT2D eigenvalue weighted by molar-refractivity contribution is 6.35. The number of aromatic carboxylic acids is 1. The number of nitrogens with zero attached hydrogens (tertiary/aromatic N) is 1. The van der Waals surface area contributed by atoms with Crippen molar-refractivity contribution < 1.29 is 14.3 Å². The first-order chi connectivity index (χ1) is 12.7. The first-order valence-electron chi connectivity index (χ1n) is 8.61. The number of carboxylic acid groups (broad SMARTS) is 1. The molecule has 4 rings (SSSR count). The smallest absolute Gasteiger partial charge is 0.338 e. The van der Waals surface area contributed by atoms with Crippen LogP contribution in [0.4, 0.5) is 0 Å². The number of para-hydroxylation sites is 1. The van der Waals surface area contributed by atoms with E-state index >= 15 is 0 Å². The Hall–Kier alpha value is -2.85. The van der Waals surface area contributed by atoms with Crippen molar-refractivity contribution in [2.24, 2.45) is 0 Å². The molecule has 0 aliphatic rings. The lowest BCUT2D eigenvalue weighted by Gasteiger charge is -2.19. The maximum absolute atomic E-state index is 11.8. The molecule has 136 valence electrons. The Bertz CT molecular complexity index is 1200. The van der Waals surface area contributed by atoms with Gasteiger partial charge in [-0.15, -0.1) is 0 Å². The Morgan fingerprint density at radius 1 is 1.07 bits per heavy atom. The minimum atomic E-state index is -1.05. The van der Waals surface area contributed by atoms with Crippen LogP contribution in [0.2, 0.25) is 5.02 Å². The zero-order valence-corrected chi connectivity index (χ0v) is 16.0. The largest absolute Gasteiger partial charge is 0.478 e. The molecule has 0 spiro atoms. The number of pyridine rings is 1. The van der Waals surface area contributed by atoms with Crippen molar-refractivity contribution in [3.63, 3.8) is 0 Å². The number of hydrogen-bond donors (Lipinski definition) is 1. The number of carbonyl (C=O) groups is 1. The summed E-state index contributed by atoms with van der Waals surface area (Å²) in [6.07, 6.45) is 0. The fourth-order valence-corrected chi connectivity index (χ4v) is 3.39. The molecule has 2 aromatic heterocycles. The first-order valence-corrected chi connectivity index (χ1v) is 8.99. The van der Waals surface area contributed by atoms with Gasteiger partial charge in [0.2, 0.25) is 0 Å². The molecule has 4 nitrogen and oxygen atoms in total. The van der Waals surface area contributed by atoms with E-state index in [-0.39, 0.29) is 11.0 Å². The van der Waals surface area contributed by atoms with Crippen molar-refractivity contribution in [3.8, 4) is 11.5 Å². The summed E-state index contributed by atoms with van der Waals surface area (Å²) in [5.74, 6) is -0.661. The molecular weight excluding hydrogens is 362 g/mol. The van der Waals surface area contributed by atoms with Crippen LogP contribution in [-0.2, 0) is 5.41 Å². The second-order valence-corrected chi connectivity index (χ2v) is 8.03. The molecule has 1 N–H and O–H groups in total. The molecule has 2 aromatic carbocycles. The van der Waals surface area contributed by atoms with Gasteiger partial charge >= 0.3 is 5.97 Å². The molecule has 4 aromatic rings. The average Bonchev–Trinajstić information content (AvgIpc) is 3.04. The van der Waals surface area contributed by atoms with Gasteiger partial charge in [-0.25, -0.2) is 9.78 Å². The molecule has 0 bridgehead atoms. The molecule has 0 fully saturated rings. The van der Waals surface area contributed by atoms with Crippen LogP contribution in [0.15, 0.2) is 52.9 Å². The highest BCUT2D eigenvalue weighted by Gasteiger charge is 2.21. The Kier molecular flexibility index (Phi) is 3.97. The number of halogens is 1. The van der Waals surface area contributed by atoms with E-state index in [1.54, 1.807) is 12.1 Å². The molecule has 27 heavy (non-hydrogen) atoms. The Morgan fingerprint density at radius 2 is 1.81 bits per heavy atom. The van der Waals surface area contributed by atoms with Crippen molar-refractivity contribution in [2.75, 3.05) is 0 Å². The van der Waals surface area contributed by atoms with Gasteiger partial charge in [0.1, 0.15) is 5.69 Å². The summed E-state index contributed by atoms with van der Waals surface area (Å²) in [4.78, 5) is 16.3. The molecule has 0 aliphatic carbocycles. The summed E-state index contributed by atoms with van der Waals surface area (Å²) in [5, 5.41) is 11.8. The van der Waals surface area contributed by atoms with Crippen molar-refractivity contribution in [1.29, 1.82) is 0 Å². The van der Waals surface area contributed by atoms with Crippen molar-refractivity contribution in [2.45, 2.75) is 26.2 Å². The predicted molar refractivity (Wildman–Crippen MR) is 108 cm³/mol. The second-order valence-electron chi connectivity index (χ2n) is 7.62. The number of hydrogen-bond acceptors (Lipinski definition) is 3. The summed E-state index contributed by atoms with van der Waals surface area (Å²) in [5.41, 5.74) is 2.65. The lowest BCUT2D eigenvalue weighted by molar-refractivity contribution is 0.0697. The van der Waals surface area contributed by atoms with Gasteiger partial charge in [-0.05, 0) is 41.3 Å². The molecule has 0 radical (unpaired) electrons. The SMILES string of the molecule is CC(C)(C)c1cc(Cl)c2oc(-c3nc4ccccc4cc3C(=O)O)cc2c1. The maximum atomic E-state index is 11.8. The quantitative estimate of drug-likeness (QED) is 0.444. The van der Waals surface area contributed by atoms with E-state index in [4.69, 9.17) is 16.0 Å². The Morgan fingerprint density at radius 3 is 2.52 bits per heavy atom. The van der Waals surface area contributed by atoms with Gasteiger partial charge in [0, 0.05) is 10.8 Å². The molecule has 0 saturated heterocycles. The number of aromatic nitrogens is 1.